The van der Waals surface area contributed by atoms with Crippen LogP contribution in [0, 0.1) is 5.92 Å². The molecule has 1 saturated heterocycles. The highest BCUT2D eigenvalue weighted by atomic mass is 127. The first-order valence-corrected chi connectivity index (χ1v) is 10.2. The Labute approximate surface area is 181 Å². The van der Waals surface area contributed by atoms with Gasteiger partial charge in [-0.05, 0) is 63.1 Å². The van der Waals surface area contributed by atoms with Crippen molar-refractivity contribution >= 4 is 41.3 Å². The number of nitrogens with zero attached hydrogens (tertiary/aromatic N) is 2. The molecule has 1 aliphatic rings. The number of piperidine rings is 1. The second kappa shape index (κ2) is 12.8. The van der Waals surface area contributed by atoms with Crippen LogP contribution in [-0.2, 0) is 6.42 Å². The number of hydrogen-bond acceptors (Lipinski definition) is 3. The van der Waals surface area contributed by atoms with E-state index in [1.54, 1.807) is 11.3 Å². The Hall–Kier alpha value is -0.550. The minimum absolute atomic E-state index is 0. The smallest absolute Gasteiger partial charge is 0.357 e. The molecule has 1 aromatic heterocycles. The van der Waals surface area contributed by atoms with Crippen molar-refractivity contribution in [2.45, 2.75) is 38.8 Å². The van der Waals surface area contributed by atoms with Crippen LogP contribution in [0.15, 0.2) is 22.5 Å². The molecule has 0 unspecified atom stereocenters. The summed E-state index contributed by atoms with van der Waals surface area (Å²) < 4.78 is 37.3. The molecule has 0 atom stereocenters. The Morgan fingerprint density at radius 2 is 2.04 bits per heavy atom. The highest BCUT2D eigenvalue weighted by molar-refractivity contribution is 14.0. The summed E-state index contributed by atoms with van der Waals surface area (Å²) in [6.07, 6.45) is -0.532. The molecular formula is C18H30F3IN4S. The molecule has 0 bridgehead atoms. The Balaban J connectivity index is 0.00000364. The van der Waals surface area contributed by atoms with Gasteiger partial charge in [0, 0.05) is 24.5 Å². The third kappa shape index (κ3) is 10.5. The molecule has 156 valence electrons. The molecule has 27 heavy (non-hydrogen) atoms. The van der Waals surface area contributed by atoms with Gasteiger partial charge in [0.15, 0.2) is 5.96 Å². The average molecular weight is 518 g/mol. The lowest BCUT2D eigenvalue weighted by molar-refractivity contribution is -0.148. The number of alkyl halides is 3. The zero-order chi connectivity index (χ0) is 18.8. The number of likely N-dealkylation sites (tertiary alicyclic amines) is 1. The maximum atomic E-state index is 12.4. The van der Waals surface area contributed by atoms with E-state index in [-0.39, 0.29) is 24.0 Å². The van der Waals surface area contributed by atoms with Crippen LogP contribution in [0.3, 0.4) is 0 Å². The number of halogens is 4. The number of nitrogens with one attached hydrogen (secondary N) is 2. The predicted molar refractivity (Wildman–Crippen MR) is 117 cm³/mol. The van der Waals surface area contributed by atoms with Gasteiger partial charge in [-0.1, -0.05) is 6.07 Å². The lowest BCUT2D eigenvalue weighted by atomic mass is 9.93. The quantitative estimate of drug-likeness (QED) is 0.309. The Bertz CT molecular complexity index is 529. The summed E-state index contributed by atoms with van der Waals surface area (Å²) in [7, 11) is 0. The van der Waals surface area contributed by atoms with Crippen LogP contribution in [0.5, 0.6) is 0 Å². The van der Waals surface area contributed by atoms with E-state index in [9.17, 15) is 13.2 Å². The van der Waals surface area contributed by atoms with Gasteiger partial charge in [-0.15, -0.1) is 35.3 Å². The van der Waals surface area contributed by atoms with Gasteiger partial charge in [0.25, 0.3) is 0 Å². The van der Waals surface area contributed by atoms with Crippen molar-refractivity contribution < 1.29 is 13.2 Å². The van der Waals surface area contributed by atoms with Crippen LogP contribution >= 0.6 is 35.3 Å². The Morgan fingerprint density at radius 1 is 1.30 bits per heavy atom. The standard InChI is InChI=1S/C18H29F3N4S.HI/c1-2-22-17(24-10-6-16-4-3-13-26-16)23-9-5-15-7-11-25(12-8-15)14-18(19,20)21;/h3-4,13,15H,2,5-12,14H2,1H3,(H2,22,23,24);1H. The van der Waals surface area contributed by atoms with Gasteiger partial charge in [-0.25, -0.2) is 0 Å². The van der Waals surface area contributed by atoms with E-state index < -0.39 is 12.7 Å². The first kappa shape index (κ1) is 24.5. The summed E-state index contributed by atoms with van der Waals surface area (Å²) in [5, 5.41) is 8.66. The topological polar surface area (TPSA) is 39.7 Å². The van der Waals surface area contributed by atoms with Crippen LogP contribution in [0.4, 0.5) is 13.2 Å². The fourth-order valence-electron chi connectivity index (χ4n) is 3.15. The molecule has 0 aromatic carbocycles. The van der Waals surface area contributed by atoms with Gasteiger partial charge in [0.2, 0.25) is 0 Å². The number of thiophene rings is 1. The van der Waals surface area contributed by atoms with Crippen molar-refractivity contribution in [1.82, 2.24) is 15.5 Å². The molecule has 0 saturated carbocycles. The van der Waals surface area contributed by atoms with Crippen molar-refractivity contribution in [2.24, 2.45) is 10.9 Å². The molecule has 2 rings (SSSR count). The summed E-state index contributed by atoms with van der Waals surface area (Å²) >= 11 is 1.75. The first-order chi connectivity index (χ1) is 12.5. The molecule has 2 N–H and O–H groups in total. The summed E-state index contributed by atoms with van der Waals surface area (Å²) in [5.41, 5.74) is 0. The lowest BCUT2D eigenvalue weighted by Crippen LogP contribution is -2.40. The van der Waals surface area contributed by atoms with E-state index in [1.165, 1.54) is 9.78 Å². The molecule has 1 fully saturated rings. The van der Waals surface area contributed by atoms with Crippen LogP contribution < -0.4 is 10.6 Å². The van der Waals surface area contributed by atoms with E-state index in [4.69, 9.17) is 0 Å². The van der Waals surface area contributed by atoms with Crippen molar-refractivity contribution in [3.63, 3.8) is 0 Å². The summed E-state index contributed by atoms with van der Waals surface area (Å²) in [5.74, 6) is 1.29. The predicted octanol–water partition coefficient (Wildman–Crippen LogP) is 4.13. The Kier molecular flexibility index (Phi) is 11.6. The fraction of sp³-hybridized carbons (Fsp3) is 0.722. The molecule has 0 aliphatic carbocycles. The average Bonchev–Trinajstić information content (AvgIpc) is 3.08. The molecule has 1 aliphatic heterocycles. The molecule has 9 heteroatoms. The van der Waals surface area contributed by atoms with Crippen molar-refractivity contribution in [2.75, 3.05) is 39.3 Å². The van der Waals surface area contributed by atoms with Gasteiger partial charge < -0.3 is 10.6 Å². The zero-order valence-electron chi connectivity index (χ0n) is 15.7. The number of hydrogen-bond donors (Lipinski definition) is 2. The van der Waals surface area contributed by atoms with Crippen molar-refractivity contribution in [3.05, 3.63) is 22.4 Å². The van der Waals surface area contributed by atoms with E-state index >= 15 is 0 Å². The second-order valence-corrected chi connectivity index (χ2v) is 7.67. The second-order valence-electron chi connectivity index (χ2n) is 6.64. The lowest BCUT2D eigenvalue weighted by Gasteiger charge is -2.32. The number of rotatable bonds is 8. The molecule has 0 spiro atoms. The maximum Gasteiger partial charge on any atom is 0.401 e. The molecule has 4 nitrogen and oxygen atoms in total. The zero-order valence-corrected chi connectivity index (χ0v) is 18.9. The van der Waals surface area contributed by atoms with Gasteiger partial charge >= 0.3 is 6.18 Å². The van der Waals surface area contributed by atoms with Gasteiger partial charge in [0.05, 0.1) is 6.54 Å². The monoisotopic (exact) mass is 518 g/mol. The van der Waals surface area contributed by atoms with Crippen molar-refractivity contribution in [3.8, 4) is 0 Å². The van der Waals surface area contributed by atoms with E-state index in [0.29, 0.717) is 25.6 Å². The number of aliphatic imine (C=N–C) groups is 1. The highest BCUT2D eigenvalue weighted by Crippen LogP contribution is 2.24. The van der Waals surface area contributed by atoms with Gasteiger partial charge in [0.1, 0.15) is 0 Å². The Morgan fingerprint density at radius 3 is 2.63 bits per heavy atom. The molecule has 0 amide bonds. The van der Waals surface area contributed by atoms with Gasteiger partial charge in [-0.3, -0.25) is 9.89 Å². The van der Waals surface area contributed by atoms with Crippen LogP contribution in [0.25, 0.3) is 0 Å². The summed E-state index contributed by atoms with van der Waals surface area (Å²) in [4.78, 5) is 7.47. The summed E-state index contributed by atoms with van der Waals surface area (Å²) in [6.45, 7) is 4.67. The maximum absolute atomic E-state index is 12.4. The molecule has 0 radical (unpaired) electrons. The number of guanidine groups is 1. The normalized spacial score (nSPS) is 16.8. The molecule has 1 aromatic rings. The van der Waals surface area contributed by atoms with Crippen LogP contribution in [-0.4, -0.2) is 56.3 Å². The van der Waals surface area contributed by atoms with E-state index in [1.807, 2.05) is 6.92 Å². The highest BCUT2D eigenvalue weighted by Gasteiger charge is 2.32. The van der Waals surface area contributed by atoms with Crippen LogP contribution in [0.1, 0.15) is 31.1 Å². The van der Waals surface area contributed by atoms with E-state index in [0.717, 1.165) is 44.7 Å². The largest absolute Gasteiger partial charge is 0.401 e. The minimum Gasteiger partial charge on any atom is -0.357 e. The minimum atomic E-state index is -4.09. The molecule has 2 heterocycles. The van der Waals surface area contributed by atoms with Gasteiger partial charge in [-0.2, -0.15) is 13.2 Å². The third-order valence-electron chi connectivity index (χ3n) is 4.51. The van der Waals surface area contributed by atoms with Crippen molar-refractivity contribution in [1.29, 1.82) is 0 Å². The third-order valence-corrected chi connectivity index (χ3v) is 5.44. The molecular weight excluding hydrogens is 488 g/mol. The first-order valence-electron chi connectivity index (χ1n) is 9.30. The fourth-order valence-corrected chi connectivity index (χ4v) is 3.86. The van der Waals surface area contributed by atoms with Crippen LogP contribution in [0.2, 0.25) is 0 Å². The van der Waals surface area contributed by atoms with E-state index in [2.05, 4.69) is 33.1 Å². The summed E-state index contributed by atoms with van der Waals surface area (Å²) in [6, 6.07) is 4.18. The SMILES string of the molecule is CCNC(=NCCC1CCN(CC(F)(F)F)CC1)NCCc1cccs1.I.